The third-order valence-electron chi connectivity index (χ3n) is 2.60. The van der Waals surface area contributed by atoms with Crippen LogP contribution >= 0.6 is 0 Å². The normalized spacial score (nSPS) is 11.4. The maximum Gasteiger partial charge on any atom is 0.297 e. The number of rotatable bonds is 2. The number of hydrazine groups is 1. The molecule has 0 unspecified atom stereocenters. The molecular formula is C13H15N4+. The van der Waals surface area contributed by atoms with Gasteiger partial charge in [-0.2, -0.15) is 5.10 Å². The van der Waals surface area contributed by atoms with Crippen LogP contribution in [0.25, 0.3) is 11.1 Å². The zero-order chi connectivity index (χ0) is 12.3. The van der Waals surface area contributed by atoms with E-state index in [1.54, 1.807) is 0 Å². The highest BCUT2D eigenvalue weighted by Crippen LogP contribution is 2.23. The highest BCUT2D eigenvalue weighted by atomic mass is 15.2. The van der Waals surface area contributed by atoms with Crippen molar-refractivity contribution in [2.24, 2.45) is 11.6 Å². The highest BCUT2D eigenvalue weighted by Gasteiger charge is 2.09. The van der Waals surface area contributed by atoms with Crippen molar-refractivity contribution < 1.29 is 5.10 Å². The first-order valence-corrected chi connectivity index (χ1v) is 5.26. The number of hydrogen-bond donors (Lipinski definition) is 4. The Bertz CT molecular complexity index is 547. The molecule has 0 fully saturated rings. The van der Waals surface area contributed by atoms with E-state index in [0.29, 0.717) is 17.1 Å². The Morgan fingerprint density at radius 2 is 1.65 bits per heavy atom. The summed E-state index contributed by atoms with van der Waals surface area (Å²) in [6, 6.07) is 15.7. The number of nitrogens with one attached hydrogen (secondary N) is 1. The van der Waals surface area contributed by atoms with Gasteiger partial charge >= 0.3 is 0 Å². The number of hydrazone groups is 1. The van der Waals surface area contributed by atoms with Crippen molar-refractivity contribution in [1.29, 1.82) is 0 Å². The molecule has 0 aliphatic carbocycles. The molecule has 7 N–H and O–H groups in total. The van der Waals surface area contributed by atoms with Gasteiger partial charge in [-0.25, -0.2) is 0 Å². The maximum absolute atomic E-state index is 5.94. The second-order valence-electron chi connectivity index (χ2n) is 3.73. The van der Waals surface area contributed by atoms with Gasteiger partial charge < -0.3 is 5.73 Å². The van der Waals surface area contributed by atoms with E-state index in [1.807, 2.05) is 48.5 Å². The molecule has 0 aliphatic heterocycles. The zero-order valence-corrected chi connectivity index (χ0v) is 9.35. The first-order valence-electron chi connectivity index (χ1n) is 5.26. The van der Waals surface area contributed by atoms with Gasteiger partial charge in [0.25, 0.3) is 5.84 Å². The number of nitrogens with two attached hydrogens (primary N) is 3. The fraction of sp³-hybridized carbons (Fsp3) is 0. The van der Waals surface area contributed by atoms with E-state index >= 15 is 0 Å². The van der Waals surface area contributed by atoms with E-state index in [2.05, 4.69) is 5.10 Å². The van der Waals surface area contributed by atoms with E-state index in [1.165, 1.54) is 0 Å². The van der Waals surface area contributed by atoms with E-state index in [9.17, 15) is 0 Å². The van der Waals surface area contributed by atoms with Crippen LogP contribution in [0.3, 0.4) is 0 Å². The summed E-state index contributed by atoms with van der Waals surface area (Å²) in [5.41, 5.74) is 15.1. The van der Waals surface area contributed by atoms with Crippen molar-refractivity contribution >= 4 is 11.5 Å². The number of anilines is 1. The Kier molecular flexibility index (Phi) is 2.96. The first kappa shape index (κ1) is 11.0. The van der Waals surface area contributed by atoms with Crippen LogP contribution in [0.15, 0.2) is 48.5 Å². The predicted molar refractivity (Wildman–Crippen MR) is 69.7 cm³/mol. The summed E-state index contributed by atoms with van der Waals surface area (Å²) in [6.07, 6.45) is 0. The lowest BCUT2D eigenvalue weighted by atomic mass is 10.0. The van der Waals surface area contributed by atoms with Crippen molar-refractivity contribution in [3.05, 3.63) is 54.1 Å². The van der Waals surface area contributed by atoms with Crippen LogP contribution in [0.1, 0.15) is 5.56 Å². The monoisotopic (exact) mass is 227 g/mol. The standard InChI is InChI=1S/C13H14N4/c14-12-8-10(9-4-2-1-3-5-9)6-7-11(12)13(15)17-16/h1-8H,14,16H2,(H2,15,17)/p+1. The molecule has 0 atom stereocenters. The first-order chi connectivity index (χ1) is 8.22. The Hall–Kier alpha value is -2.49. The fourth-order valence-corrected chi connectivity index (χ4v) is 1.70. The van der Waals surface area contributed by atoms with Crippen LogP contribution in [-0.4, -0.2) is 5.84 Å². The van der Waals surface area contributed by atoms with Gasteiger partial charge in [-0.05, 0) is 23.3 Å². The van der Waals surface area contributed by atoms with E-state index in [0.717, 1.165) is 11.1 Å². The van der Waals surface area contributed by atoms with Gasteiger partial charge in [0.15, 0.2) is 0 Å². The summed E-state index contributed by atoms with van der Waals surface area (Å²) < 4.78 is 0. The molecule has 0 aliphatic rings. The Morgan fingerprint density at radius 1 is 0.941 bits per heavy atom. The number of hydrogen-bond acceptors (Lipinski definition) is 2. The molecule has 0 heterocycles. The average Bonchev–Trinajstić information content (AvgIpc) is 2.39. The summed E-state index contributed by atoms with van der Waals surface area (Å²) >= 11 is 0. The number of benzene rings is 2. The van der Waals surface area contributed by atoms with Crippen LogP contribution in [0.2, 0.25) is 0 Å². The van der Waals surface area contributed by atoms with E-state index in [4.69, 9.17) is 17.3 Å². The predicted octanol–water partition coefficient (Wildman–Crippen LogP) is -0.405. The second-order valence-corrected chi connectivity index (χ2v) is 3.73. The molecule has 0 saturated heterocycles. The molecule has 86 valence electrons. The van der Waals surface area contributed by atoms with Gasteiger partial charge in [0, 0.05) is 5.69 Å². The molecule has 0 aromatic heterocycles. The minimum atomic E-state index is 0.363. The van der Waals surface area contributed by atoms with Gasteiger partial charge in [-0.1, -0.05) is 36.4 Å². The van der Waals surface area contributed by atoms with Gasteiger partial charge in [-0.3, -0.25) is 11.6 Å². The maximum atomic E-state index is 5.94. The van der Waals surface area contributed by atoms with Crippen LogP contribution in [0, 0.1) is 0 Å². The minimum Gasteiger partial charge on any atom is -0.398 e. The Balaban J connectivity index is 2.45. The Morgan fingerprint density at radius 3 is 2.24 bits per heavy atom. The molecule has 0 amide bonds. The quantitative estimate of drug-likeness (QED) is 0.185. The van der Waals surface area contributed by atoms with Gasteiger partial charge in [0.2, 0.25) is 0 Å². The minimum absolute atomic E-state index is 0.363. The van der Waals surface area contributed by atoms with E-state index in [-0.39, 0.29) is 0 Å². The average molecular weight is 227 g/mol. The molecule has 0 spiro atoms. The van der Waals surface area contributed by atoms with Crippen LogP contribution in [0.5, 0.6) is 0 Å². The van der Waals surface area contributed by atoms with Crippen molar-refractivity contribution in [2.45, 2.75) is 0 Å². The van der Waals surface area contributed by atoms with Crippen molar-refractivity contribution in [3.63, 3.8) is 0 Å². The lowest BCUT2D eigenvalue weighted by Gasteiger charge is -2.05. The molecular weight excluding hydrogens is 212 g/mol. The summed E-state index contributed by atoms with van der Waals surface area (Å²) in [6.45, 7) is 0. The molecule has 0 saturated carbocycles. The molecule has 0 bridgehead atoms. The largest absolute Gasteiger partial charge is 0.398 e. The van der Waals surface area contributed by atoms with Gasteiger partial charge in [0.05, 0.1) is 5.56 Å². The van der Waals surface area contributed by atoms with Gasteiger partial charge in [0.1, 0.15) is 0 Å². The lowest BCUT2D eigenvalue weighted by molar-refractivity contribution is -0.469. The van der Waals surface area contributed by atoms with Crippen LogP contribution in [-0.2, 0) is 0 Å². The van der Waals surface area contributed by atoms with Crippen LogP contribution in [0.4, 0.5) is 5.69 Å². The smallest absolute Gasteiger partial charge is 0.297 e. The lowest BCUT2D eigenvalue weighted by Crippen LogP contribution is -2.82. The van der Waals surface area contributed by atoms with Gasteiger partial charge in [-0.15, -0.1) is 0 Å². The second kappa shape index (κ2) is 4.57. The number of nitrogen functional groups attached to an aromatic ring is 2. The third kappa shape index (κ3) is 2.20. The summed E-state index contributed by atoms with van der Waals surface area (Å²) in [4.78, 5) is 0. The molecule has 4 nitrogen and oxygen atoms in total. The molecule has 17 heavy (non-hydrogen) atoms. The topological polar surface area (TPSA) is 92.0 Å². The third-order valence-corrected chi connectivity index (χ3v) is 2.60. The zero-order valence-electron chi connectivity index (χ0n) is 9.35. The summed E-state index contributed by atoms with van der Waals surface area (Å²) in [7, 11) is 0. The summed E-state index contributed by atoms with van der Waals surface area (Å²) in [5.74, 6) is 5.62. The van der Waals surface area contributed by atoms with Crippen molar-refractivity contribution in [2.75, 3.05) is 5.73 Å². The van der Waals surface area contributed by atoms with Crippen molar-refractivity contribution in [3.8, 4) is 11.1 Å². The molecule has 0 radical (unpaired) electrons. The fourth-order valence-electron chi connectivity index (χ4n) is 1.70. The highest BCUT2D eigenvalue weighted by molar-refractivity contribution is 5.98. The molecule has 2 aromatic carbocycles. The SMILES string of the molecule is N/[NH+]=C(\N)c1ccc(-c2ccccc2)cc1N. The molecule has 2 aromatic rings. The van der Waals surface area contributed by atoms with Crippen molar-refractivity contribution in [1.82, 2.24) is 0 Å². The molecule has 4 heteroatoms. The summed E-state index contributed by atoms with van der Waals surface area (Å²) in [5, 5.41) is 2.40. The number of amidine groups is 1. The molecule has 2 rings (SSSR count). The van der Waals surface area contributed by atoms with E-state index < -0.39 is 0 Å². The Labute approximate surface area is 99.7 Å². The van der Waals surface area contributed by atoms with Crippen LogP contribution < -0.4 is 22.4 Å².